The lowest BCUT2D eigenvalue weighted by atomic mass is 10.1. The molecule has 29 heavy (non-hydrogen) atoms. The van der Waals surface area contributed by atoms with E-state index in [1.165, 1.54) is 11.8 Å². The smallest absolute Gasteiger partial charge is 0.340 e. The van der Waals surface area contributed by atoms with Crippen LogP contribution in [0.1, 0.15) is 12.5 Å². The standard InChI is InChI=1S/C20H18N4O3S2/c1-3-27-19(25)15(11-13-6-4-7-14(10-13)26-2)16-12-29-20-22-21-18(24(20)23-16)17-8-5-9-28-17/h4-11H,3,12H2,1-2H3/b15-11-. The lowest BCUT2D eigenvalue weighted by Gasteiger charge is -2.15. The molecule has 0 N–H and O–H groups in total. The van der Waals surface area contributed by atoms with Gasteiger partial charge in [0, 0.05) is 5.75 Å². The zero-order chi connectivity index (χ0) is 20.2. The summed E-state index contributed by atoms with van der Waals surface area (Å²) < 4.78 is 12.3. The minimum atomic E-state index is -0.413. The Balaban J connectivity index is 1.78. The summed E-state index contributed by atoms with van der Waals surface area (Å²) in [6, 6.07) is 11.4. The molecule has 2 aromatic heterocycles. The molecule has 0 radical (unpaired) electrons. The van der Waals surface area contributed by atoms with Gasteiger partial charge in [-0.15, -0.1) is 21.5 Å². The second-order valence-corrected chi connectivity index (χ2v) is 7.88. The molecule has 0 fully saturated rings. The van der Waals surface area contributed by atoms with E-state index in [9.17, 15) is 4.79 Å². The fourth-order valence-electron chi connectivity index (χ4n) is 2.79. The van der Waals surface area contributed by atoms with Gasteiger partial charge in [-0.2, -0.15) is 9.78 Å². The molecule has 1 aliphatic rings. The number of hydrogen-bond acceptors (Lipinski definition) is 8. The van der Waals surface area contributed by atoms with Gasteiger partial charge in [0.05, 0.1) is 29.9 Å². The second kappa shape index (κ2) is 8.62. The van der Waals surface area contributed by atoms with E-state index in [0.29, 0.717) is 33.8 Å². The highest BCUT2D eigenvalue weighted by Gasteiger charge is 2.25. The van der Waals surface area contributed by atoms with E-state index in [2.05, 4.69) is 10.2 Å². The van der Waals surface area contributed by atoms with Gasteiger partial charge in [-0.25, -0.2) is 4.79 Å². The largest absolute Gasteiger partial charge is 0.497 e. The van der Waals surface area contributed by atoms with Crippen LogP contribution in [0, 0.1) is 0 Å². The normalized spacial score (nSPS) is 13.6. The van der Waals surface area contributed by atoms with Crippen LogP contribution in [0.5, 0.6) is 5.75 Å². The number of methoxy groups -OCH3 is 1. The third-order valence-corrected chi connectivity index (χ3v) is 5.92. The highest BCUT2D eigenvalue weighted by Crippen LogP contribution is 2.31. The van der Waals surface area contributed by atoms with E-state index in [0.717, 1.165) is 10.4 Å². The van der Waals surface area contributed by atoms with Crippen LogP contribution in [-0.2, 0) is 9.53 Å². The Morgan fingerprint density at radius 2 is 2.17 bits per heavy atom. The minimum Gasteiger partial charge on any atom is -0.497 e. The van der Waals surface area contributed by atoms with E-state index in [4.69, 9.17) is 14.6 Å². The molecule has 0 bridgehead atoms. The van der Waals surface area contributed by atoms with Crippen LogP contribution in [0.4, 0.5) is 0 Å². The summed E-state index contributed by atoms with van der Waals surface area (Å²) in [5.41, 5.74) is 1.85. The first-order valence-corrected chi connectivity index (χ1v) is 10.8. The molecule has 0 saturated heterocycles. The Hall–Kier alpha value is -2.91. The summed E-state index contributed by atoms with van der Waals surface area (Å²) in [4.78, 5) is 13.7. The number of carbonyl (C=O) groups excluding carboxylic acids is 1. The van der Waals surface area contributed by atoms with Gasteiger partial charge in [0.2, 0.25) is 5.16 Å². The SMILES string of the molecule is CCOC(=O)/C(=C\c1cccc(OC)c1)C1=Nn2c(nnc2-c2cccs2)SC1. The van der Waals surface area contributed by atoms with Crippen molar-refractivity contribution >= 4 is 40.9 Å². The Bertz CT molecular complexity index is 1090. The van der Waals surface area contributed by atoms with E-state index in [1.54, 1.807) is 36.1 Å². The molecule has 3 heterocycles. The molecule has 0 saturated carbocycles. The molecule has 148 valence electrons. The minimum absolute atomic E-state index is 0.285. The van der Waals surface area contributed by atoms with E-state index in [1.807, 2.05) is 41.8 Å². The van der Waals surface area contributed by atoms with Gasteiger partial charge in [0.1, 0.15) is 5.75 Å². The Kier molecular flexibility index (Phi) is 5.77. The fraction of sp³-hybridized carbons (Fsp3) is 0.200. The predicted molar refractivity (Wildman–Crippen MR) is 114 cm³/mol. The van der Waals surface area contributed by atoms with Crippen molar-refractivity contribution < 1.29 is 14.3 Å². The summed E-state index contributed by atoms with van der Waals surface area (Å²) in [5.74, 6) is 1.45. The number of rotatable bonds is 6. The van der Waals surface area contributed by atoms with E-state index < -0.39 is 5.97 Å². The summed E-state index contributed by atoms with van der Waals surface area (Å²) in [7, 11) is 1.61. The van der Waals surface area contributed by atoms with Crippen LogP contribution in [0.15, 0.2) is 57.6 Å². The number of thioether (sulfide) groups is 1. The second-order valence-electron chi connectivity index (χ2n) is 5.99. The molecule has 1 aliphatic heterocycles. The predicted octanol–water partition coefficient (Wildman–Crippen LogP) is 3.97. The molecular weight excluding hydrogens is 408 g/mol. The summed E-state index contributed by atoms with van der Waals surface area (Å²) in [6.45, 7) is 2.07. The molecule has 4 rings (SSSR count). The number of aromatic nitrogens is 3. The van der Waals surface area contributed by atoms with Gasteiger partial charge >= 0.3 is 5.97 Å². The van der Waals surface area contributed by atoms with Crippen LogP contribution in [-0.4, -0.2) is 46.0 Å². The topological polar surface area (TPSA) is 78.6 Å². The number of carbonyl (C=O) groups is 1. The first-order chi connectivity index (χ1) is 14.2. The maximum Gasteiger partial charge on any atom is 0.340 e. The lowest BCUT2D eigenvalue weighted by Crippen LogP contribution is -2.21. The Morgan fingerprint density at radius 3 is 2.93 bits per heavy atom. The molecule has 9 heteroatoms. The first-order valence-electron chi connectivity index (χ1n) is 8.92. The van der Waals surface area contributed by atoms with Crippen molar-refractivity contribution in [1.29, 1.82) is 0 Å². The number of esters is 1. The molecule has 1 aromatic carbocycles. The van der Waals surface area contributed by atoms with Crippen molar-refractivity contribution in [2.75, 3.05) is 19.5 Å². The highest BCUT2D eigenvalue weighted by molar-refractivity contribution is 7.99. The van der Waals surface area contributed by atoms with Crippen molar-refractivity contribution in [3.63, 3.8) is 0 Å². The maximum atomic E-state index is 12.7. The summed E-state index contributed by atoms with van der Waals surface area (Å²) >= 11 is 3.05. The first kappa shape index (κ1) is 19.4. The summed E-state index contributed by atoms with van der Waals surface area (Å²) in [5, 5.41) is 15.9. The molecule has 7 nitrogen and oxygen atoms in total. The number of thiophene rings is 1. The number of nitrogens with zero attached hydrogens (tertiary/aromatic N) is 4. The quantitative estimate of drug-likeness (QED) is 0.438. The third-order valence-electron chi connectivity index (χ3n) is 4.12. The zero-order valence-corrected chi connectivity index (χ0v) is 17.5. The fourth-order valence-corrected chi connectivity index (χ4v) is 4.31. The zero-order valence-electron chi connectivity index (χ0n) is 15.9. The van der Waals surface area contributed by atoms with Crippen molar-refractivity contribution in [2.45, 2.75) is 12.1 Å². The average molecular weight is 427 g/mol. The number of ether oxygens (including phenoxy) is 2. The van der Waals surface area contributed by atoms with Gasteiger partial charge < -0.3 is 9.47 Å². The highest BCUT2D eigenvalue weighted by atomic mass is 32.2. The number of hydrogen-bond donors (Lipinski definition) is 0. The van der Waals surface area contributed by atoms with Crippen LogP contribution in [0.2, 0.25) is 0 Å². The molecular formula is C20H18N4O3S2. The van der Waals surface area contributed by atoms with Gasteiger partial charge in [0.15, 0.2) is 5.82 Å². The monoisotopic (exact) mass is 426 g/mol. The van der Waals surface area contributed by atoms with Crippen LogP contribution in [0.3, 0.4) is 0 Å². The number of benzene rings is 1. The molecule has 0 amide bonds. The van der Waals surface area contributed by atoms with Gasteiger partial charge in [-0.3, -0.25) is 0 Å². The van der Waals surface area contributed by atoms with Crippen molar-refractivity contribution in [2.24, 2.45) is 5.10 Å². The average Bonchev–Trinajstić information content (AvgIpc) is 3.41. The maximum absolute atomic E-state index is 12.7. The summed E-state index contributed by atoms with van der Waals surface area (Å²) in [6.07, 6.45) is 1.78. The molecule has 3 aromatic rings. The lowest BCUT2D eigenvalue weighted by molar-refractivity contribution is -0.137. The van der Waals surface area contributed by atoms with Crippen LogP contribution < -0.4 is 4.74 Å². The molecule has 0 spiro atoms. The third kappa shape index (κ3) is 4.10. The molecule has 0 aliphatic carbocycles. The van der Waals surface area contributed by atoms with Crippen molar-refractivity contribution in [1.82, 2.24) is 14.9 Å². The Labute approximate surface area is 176 Å². The van der Waals surface area contributed by atoms with E-state index >= 15 is 0 Å². The van der Waals surface area contributed by atoms with Gasteiger partial charge in [-0.1, -0.05) is 30.0 Å². The van der Waals surface area contributed by atoms with Crippen LogP contribution >= 0.6 is 23.1 Å². The number of fused-ring (bicyclic) bond motifs is 1. The van der Waals surface area contributed by atoms with Gasteiger partial charge in [-0.05, 0) is 42.1 Å². The van der Waals surface area contributed by atoms with Crippen molar-refractivity contribution in [3.8, 4) is 16.5 Å². The van der Waals surface area contributed by atoms with Crippen molar-refractivity contribution in [3.05, 3.63) is 52.9 Å². The van der Waals surface area contributed by atoms with E-state index in [-0.39, 0.29) is 6.61 Å². The molecule has 0 unspecified atom stereocenters. The molecule has 0 atom stereocenters. The van der Waals surface area contributed by atoms with Crippen LogP contribution in [0.25, 0.3) is 16.8 Å². The van der Waals surface area contributed by atoms with Gasteiger partial charge in [0.25, 0.3) is 0 Å². The Morgan fingerprint density at radius 1 is 1.28 bits per heavy atom.